The second-order valence-electron chi connectivity index (χ2n) is 3.75. The Labute approximate surface area is 102 Å². The molecule has 0 aliphatic heterocycles. The van der Waals surface area contributed by atoms with E-state index in [2.05, 4.69) is 0 Å². The number of carboxylic acid groups (broad SMARTS) is 1. The lowest BCUT2D eigenvalue weighted by atomic mass is 10.0. The molecule has 0 aromatic heterocycles. The summed E-state index contributed by atoms with van der Waals surface area (Å²) in [5.74, 6) is -2.60. The zero-order valence-electron chi connectivity index (χ0n) is 9.16. The topological polar surface area (TPSA) is 98.0 Å². The number of phenolic OH excluding ortho intramolecular Hbond substituents is 3. The van der Waals surface area contributed by atoms with Crippen molar-refractivity contribution < 1.29 is 25.2 Å². The molecule has 2 aromatic rings. The zero-order valence-corrected chi connectivity index (χ0v) is 9.16. The van der Waals surface area contributed by atoms with Gasteiger partial charge in [-0.05, 0) is 35.4 Å². The molecule has 0 saturated carbocycles. The van der Waals surface area contributed by atoms with Gasteiger partial charge in [0.2, 0.25) is 0 Å². The normalized spacial score (nSPS) is 10.2. The van der Waals surface area contributed by atoms with Gasteiger partial charge in [-0.3, -0.25) is 0 Å². The number of benzene rings is 2. The molecule has 92 valence electrons. The quantitative estimate of drug-likeness (QED) is 0.609. The smallest absolute Gasteiger partial charge is 0.335 e. The van der Waals surface area contributed by atoms with E-state index >= 15 is 0 Å². The lowest BCUT2D eigenvalue weighted by Gasteiger charge is -2.06. The predicted octanol–water partition coefficient (Wildman–Crippen LogP) is 2.17. The Kier molecular flexibility index (Phi) is 2.81. The van der Waals surface area contributed by atoms with Crippen LogP contribution in [0.15, 0.2) is 36.4 Å². The Hall–Kier alpha value is -2.69. The van der Waals surface area contributed by atoms with E-state index in [1.54, 1.807) is 12.1 Å². The Bertz CT molecular complexity index is 596. The van der Waals surface area contributed by atoms with Crippen LogP contribution < -0.4 is 0 Å². The fourth-order valence-corrected chi connectivity index (χ4v) is 1.60. The molecule has 0 radical (unpaired) electrons. The van der Waals surface area contributed by atoms with Crippen molar-refractivity contribution in [1.82, 2.24) is 0 Å². The lowest BCUT2D eigenvalue weighted by molar-refractivity contribution is 0.0697. The summed E-state index contributed by atoms with van der Waals surface area (Å²) in [6.45, 7) is 0. The molecular weight excluding hydrogens is 236 g/mol. The highest BCUT2D eigenvalue weighted by Gasteiger charge is 2.10. The fraction of sp³-hybridized carbons (Fsp3) is 0. The van der Waals surface area contributed by atoms with Crippen molar-refractivity contribution in [2.75, 3.05) is 0 Å². The molecule has 0 bridgehead atoms. The molecule has 0 aliphatic carbocycles. The van der Waals surface area contributed by atoms with Gasteiger partial charge in [-0.15, -0.1) is 0 Å². The van der Waals surface area contributed by atoms with Crippen LogP contribution in [0, 0.1) is 0 Å². The van der Waals surface area contributed by atoms with E-state index in [0.717, 1.165) is 0 Å². The van der Waals surface area contributed by atoms with Gasteiger partial charge in [-0.1, -0.05) is 12.1 Å². The highest BCUT2D eigenvalue weighted by Crippen LogP contribution is 2.38. The van der Waals surface area contributed by atoms with E-state index in [4.69, 9.17) is 5.11 Å². The van der Waals surface area contributed by atoms with Crippen molar-refractivity contribution in [2.24, 2.45) is 0 Å². The van der Waals surface area contributed by atoms with Crippen LogP contribution in [-0.4, -0.2) is 26.4 Å². The highest BCUT2D eigenvalue weighted by molar-refractivity contribution is 5.89. The first-order chi connectivity index (χ1) is 8.49. The third-order valence-corrected chi connectivity index (χ3v) is 2.51. The van der Waals surface area contributed by atoms with E-state index in [1.807, 2.05) is 0 Å². The van der Waals surface area contributed by atoms with E-state index < -0.39 is 23.2 Å². The summed E-state index contributed by atoms with van der Waals surface area (Å²) in [5.41, 5.74) is 1.02. The second-order valence-corrected chi connectivity index (χ2v) is 3.75. The van der Waals surface area contributed by atoms with Crippen LogP contribution in [0.3, 0.4) is 0 Å². The first-order valence-electron chi connectivity index (χ1n) is 5.07. The molecule has 0 fully saturated rings. The average Bonchev–Trinajstić information content (AvgIpc) is 2.35. The van der Waals surface area contributed by atoms with Crippen LogP contribution in [0.25, 0.3) is 11.1 Å². The van der Waals surface area contributed by atoms with Gasteiger partial charge in [-0.25, -0.2) is 4.79 Å². The van der Waals surface area contributed by atoms with Crippen molar-refractivity contribution in [3.8, 4) is 28.4 Å². The maximum absolute atomic E-state index is 10.8. The Morgan fingerprint density at radius 2 is 1.50 bits per heavy atom. The zero-order chi connectivity index (χ0) is 13.3. The number of hydrogen-bond acceptors (Lipinski definition) is 4. The number of hydrogen-bond donors (Lipinski definition) is 4. The van der Waals surface area contributed by atoms with Crippen molar-refractivity contribution in [1.29, 1.82) is 0 Å². The SMILES string of the molecule is O=C(O)c1cccc(-c2cc(O)c(O)c(O)c2)c1. The molecule has 5 heteroatoms. The maximum Gasteiger partial charge on any atom is 0.335 e. The van der Waals surface area contributed by atoms with E-state index in [-0.39, 0.29) is 5.56 Å². The van der Waals surface area contributed by atoms with Gasteiger partial charge >= 0.3 is 5.97 Å². The molecule has 2 aromatic carbocycles. The van der Waals surface area contributed by atoms with Crippen LogP contribution in [0.5, 0.6) is 17.2 Å². The van der Waals surface area contributed by atoms with Crippen LogP contribution in [-0.2, 0) is 0 Å². The monoisotopic (exact) mass is 246 g/mol. The number of aromatic carboxylic acids is 1. The molecule has 0 unspecified atom stereocenters. The van der Waals surface area contributed by atoms with Gasteiger partial charge in [0.15, 0.2) is 17.2 Å². The van der Waals surface area contributed by atoms with Crippen molar-refractivity contribution in [3.05, 3.63) is 42.0 Å². The predicted molar refractivity (Wildman–Crippen MR) is 63.8 cm³/mol. The minimum atomic E-state index is -1.07. The summed E-state index contributed by atoms with van der Waals surface area (Å²) < 4.78 is 0. The van der Waals surface area contributed by atoms with Gasteiger partial charge in [0.25, 0.3) is 0 Å². The maximum atomic E-state index is 10.8. The van der Waals surface area contributed by atoms with Crippen molar-refractivity contribution in [2.45, 2.75) is 0 Å². The fourth-order valence-electron chi connectivity index (χ4n) is 1.60. The molecule has 0 atom stereocenters. The minimum absolute atomic E-state index is 0.0968. The number of carboxylic acids is 1. The van der Waals surface area contributed by atoms with E-state index in [1.165, 1.54) is 24.3 Å². The van der Waals surface area contributed by atoms with Crippen LogP contribution in [0.2, 0.25) is 0 Å². The molecule has 18 heavy (non-hydrogen) atoms. The molecule has 2 rings (SSSR count). The van der Waals surface area contributed by atoms with Crippen LogP contribution in [0.4, 0.5) is 0 Å². The molecule has 5 nitrogen and oxygen atoms in total. The van der Waals surface area contributed by atoms with E-state index in [0.29, 0.717) is 11.1 Å². The standard InChI is InChI=1S/C13H10O5/c14-10-5-9(6-11(15)12(10)16)7-2-1-3-8(4-7)13(17)18/h1-6,14-16H,(H,17,18). The molecule has 0 aliphatic rings. The molecular formula is C13H10O5. The highest BCUT2D eigenvalue weighted by atomic mass is 16.4. The van der Waals surface area contributed by atoms with Crippen molar-refractivity contribution in [3.63, 3.8) is 0 Å². The summed E-state index contributed by atoms with van der Waals surface area (Å²) in [6, 6.07) is 8.53. The van der Waals surface area contributed by atoms with Crippen LogP contribution >= 0.6 is 0 Å². The minimum Gasteiger partial charge on any atom is -0.504 e. The largest absolute Gasteiger partial charge is 0.504 e. The lowest BCUT2D eigenvalue weighted by Crippen LogP contribution is -1.95. The number of phenols is 3. The third kappa shape index (κ3) is 2.06. The molecule has 0 saturated heterocycles. The Morgan fingerprint density at radius 3 is 2.06 bits per heavy atom. The average molecular weight is 246 g/mol. The van der Waals surface area contributed by atoms with Crippen molar-refractivity contribution >= 4 is 5.97 Å². The summed E-state index contributed by atoms with van der Waals surface area (Å²) >= 11 is 0. The van der Waals surface area contributed by atoms with Gasteiger partial charge in [0.05, 0.1) is 5.56 Å². The van der Waals surface area contributed by atoms with E-state index in [9.17, 15) is 20.1 Å². The summed E-state index contributed by atoms with van der Waals surface area (Å²) in [5, 5.41) is 36.9. The molecule has 0 heterocycles. The second kappa shape index (κ2) is 4.29. The van der Waals surface area contributed by atoms with Gasteiger partial charge in [0.1, 0.15) is 0 Å². The Morgan fingerprint density at radius 1 is 0.889 bits per heavy atom. The number of aromatic hydroxyl groups is 3. The first-order valence-corrected chi connectivity index (χ1v) is 5.07. The summed E-state index contributed by atoms with van der Waals surface area (Å²) in [7, 11) is 0. The number of rotatable bonds is 2. The summed E-state index contributed by atoms with van der Waals surface area (Å²) in [4.78, 5) is 10.8. The molecule has 0 spiro atoms. The summed E-state index contributed by atoms with van der Waals surface area (Å²) in [6.07, 6.45) is 0. The first kappa shape index (κ1) is 11.8. The van der Waals surface area contributed by atoms with Gasteiger partial charge < -0.3 is 20.4 Å². The Balaban J connectivity index is 2.55. The van der Waals surface area contributed by atoms with Crippen LogP contribution in [0.1, 0.15) is 10.4 Å². The molecule has 4 N–H and O–H groups in total. The molecule has 0 amide bonds. The van der Waals surface area contributed by atoms with Gasteiger partial charge in [0, 0.05) is 0 Å². The third-order valence-electron chi connectivity index (χ3n) is 2.51. The number of carbonyl (C=O) groups is 1. The van der Waals surface area contributed by atoms with Gasteiger partial charge in [-0.2, -0.15) is 0 Å².